The summed E-state index contributed by atoms with van der Waals surface area (Å²) in [5, 5.41) is 0. The molecule has 0 heterocycles. The summed E-state index contributed by atoms with van der Waals surface area (Å²) in [6, 6.07) is 10.1. The Bertz CT molecular complexity index is 373. The molecular weight excluding hydrogens is 246 g/mol. The predicted octanol–water partition coefficient (Wildman–Crippen LogP) is 3.44. The van der Waals surface area contributed by atoms with E-state index < -0.39 is 0 Å². The molecule has 0 unspecified atom stereocenters. The molecule has 2 nitrogen and oxygen atoms in total. The maximum absolute atomic E-state index is 12.4. The molecule has 1 aliphatic carbocycles. The molecule has 0 spiro atoms. The number of hydrogen-bond donors (Lipinski definition) is 0. The molecule has 1 aromatic rings. The van der Waals surface area contributed by atoms with Crippen molar-refractivity contribution in [2.45, 2.75) is 32.2 Å². The largest absolute Gasteiger partial charge is 0.337 e. The van der Waals surface area contributed by atoms with Gasteiger partial charge >= 0.3 is 0 Å². The van der Waals surface area contributed by atoms with Gasteiger partial charge in [0, 0.05) is 24.9 Å². The first kappa shape index (κ1) is 13.4. The molecule has 1 aromatic carbocycles. The fraction of sp³-hybridized carbons (Fsp3) is 0.533. The number of amides is 1. The van der Waals surface area contributed by atoms with Crippen LogP contribution in [0, 0.1) is 5.92 Å². The van der Waals surface area contributed by atoms with Gasteiger partial charge in [0.1, 0.15) is 0 Å². The van der Waals surface area contributed by atoms with Crippen molar-refractivity contribution in [1.29, 1.82) is 0 Å². The van der Waals surface area contributed by atoms with Gasteiger partial charge in [0.05, 0.1) is 0 Å². The van der Waals surface area contributed by atoms with Crippen molar-refractivity contribution in [3.05, 3.63) is 35.9 Å². The highest BCUT2D eigenvalue weighted by molar-refractivity contribution is 6.18. The molecule has 1 fully saturated rings. The zero-order valence-corrected chi connectivity index (χ0v) is 11.4. The van der Waals surface area contributed by atoms with Crippen LogP contribution in [0.1, 0.15) is 31.2 Å². The molecule has 0 N–H and O–H groups in total. The topological polar surface area (TPSA) is 20.3 Å². The molecule has 1 aliphatic rings. The predicted molar refractivity (Wildman–Crippen MR) is 74.5 cm³/mol. The maximum Gasteiger partial charge on any atom is 0.226 e. The van der Waals surface area contributed by atoms with Crippen LogP contribution < -0.4 is 0 Å². The van der Waals surface area contributed by atoms with Gasteiger partial charge in [0.25, 0.3) is 0 Å². The van der Waals surface area contributed by atoms with Crippen molar-refractivity contribution in [3.8, 4) is 0 Å². The maximum atomic E-state index is 12.4. The van der Waals surface area contributed by atoms with Crippen LogP contribution in [0.25, 0.3) is 0 Å². The summed E-state index contributed by atoms with van der Waals surface area (Å²) in [4.78, 5) is 14.3. The van der Waals surface area contributed by atoms with Crippen LogP contribution in [0.2, 0.25) is 0 Å². The zero-order chi connectivity index (χ0) is 12.8. The highest BCUT2D eigenvalue weighted by Crippen LogP contribution is 2.27. The van der Waals surface area contributed by atoms with Crippen LogP contribution in [0.4, 0.5) is 0 Å². The fourth-order valence-electron chi connectivity index (χ4n) is 2.60. The number of carbonyl (C=O) groups excluding carboxylic acids is 1. The molecule has 2 rings (SSSR count). The molecule has 0 atom stereocenters. The second-order valence-electron chi connectivity index (χ2n) is 4.92. The van der Waals surface area contributed by atoms with E-state index in [1.165, 1.54) is 18.4 Å². The van der Waals surface area contributed by atoms with E-state index in [0.29, 0.717) is 19.0 Å². The van der Waals surface area contributed by atoms with E-state index in [9.17, 15) is 4.79 Å². The molecule has 1 amide bonds. The van der Waals surface area contributed by atoms with Crippen molar-refractivity contribution in [1.82, 2.24) is 4.90 Å². The number of halogens is 1. The van der Waals surface area contributed by atoms with Gasteiger partial charge in [-0.1, -0.05) is 43.2 Å². The van der Waals surface area contributed by atoms with Crippen molar-refractivity contribution < 1.29 is 4.79 Å². The molecular formula is C15H20ClNO. The molecule has 0 bridgehead atoms. The summed E-state index contributed by atoms with van der Waals surface area (Å²) in [6.45, 7) is 1.33. The van der Waals surface area contributed by atoms with Gasteiger partial charge in [-0.25, -0.2) is 0 Å². The zero-order valence-electron chi connectivity index (χ0n) is 10.6. The SMILES string of the molecule is O=C(C1CCCC1)N(CCCl)Cc1ccccc1. The lowest BCUT2D eigenvalue weighted by atomic mass is 10.1. The van der Waals surface area contributed by atoms with Crippen LogP contribution in [-0.4, -0.2) is 23.2 Å². The highest BCUT2D eigenvalue weighted by Gasteiger charge is 2.26. The Labute approximate surface area is 114 Å². The number of alkyl halides is 1. The third kappa shape index (κ3) is 3.49. The Morgan fingerprint density at radius 2 is 1.89 bits per heavy atom. The molecule has 0 aromatic heterocycles. The lowest BCUT2D eigenvalue weighted by Gasteiger charge is -2.25. The van der Waals surface area contributed by atoms with Gasteiger partial charge in [0.15, 0.2) is 0 Å². The smallest absolute Gasteiger partial charge is 0.226 e. The van der Waals surface area contributed by atoms with Crippen LogP contribution in [-0.2, 0) is 11.3 Å². The van der Waals surface area contributed by atoms with Gasteiger partial charge in [-0.05, 0) is 18.4 Å². The standard InChI is InChI=1S/C15H20ClNO/c16-10-11-17(12-13-6-2-1-3-7-13)15(18)14-8-4-5-9-14/h1-3,6-7,14H,4-5,8-12H2. The van der Waals surface area contributed by atoms with Crippen molar-refractivity contribution >= 4 is 17.5 Å². The average molecular weight is 266 g/mol. The van der Waals surface area contributed by atoms with E-state index in [0.717, 1.165) is 12.8 Å². The number of rotatable bonds is 5. The van der Waals surface area contributed by atoms with Gasteiger partial charge in [-0.3, -0.25) is 4.79 Å². The lowest BCUT2D eigenvalue weighted by Crippen LogP contribution is -2.36. The number of nitrogens with zero attached hydrogens (tertiary/aromatic N) is 1. The third-order valence-corrected chi connectivity index (χ3v) is 3.76. The summed E-state index contributed by atoms with van der Waals surface area (Å²) in [6.07, 6.45) is 4.48. The Morgan fingerprint density at radius 3 is 2.50 bits per heavy atom. The molecule has 98 valence electrons. The highest BCUT2D eigenvalue weighted by atomic mass is 35.5. The summed E-state index contributed by atoms with van der Waals surface area (Å²) in [5.41, 5.74) is 1.17. The van der Waals surface area contributed by atoms with Crippen molar-refractivity contribution in [2.75, 3.05) is 12.4 Å². The van der Waals surface area contributed by atoms with Crippen LogP contribution in [0.3, 0.4) is 0 Å². The van der Waals surface area contributed by atoms with Gasteiger partial charge in [0.2, 0.25) is 5.91 Å². The van der Waals surface area contributed by atoms with Crippen molar-refractivity contribution in [2.24, 2.45) is 5.92 Å². The first-order valence-electron chi connectivity index (χ1n) is 6.70. The van der Waals surface area contributed by atoms with Gasteiger partial charge in [-0.15, -0.1) is 11.6 Å². The summed E-state index contributed by atoms with van der Waals surface area (Å²) in [7, 11) is 0. The molecule has 3 heteroatoms. The molecule has 18 heavy (non-hydrogen) atoms. The Kier molecular flexibility index (Phi) is 5.06. The van der Waals surface area contributed by atoms with Crippen LogP contribution in [0.15, 0.2) is 30.3 Å². The fourth-order valence-corrected chi connectivity index (χ4v) is 2.81. The molecule has 0 radical (unpaired) electrons. The van der Waals surface area contributed by atoms with Gasteiger partial charge in [-0.2, -0.15) is 0 Å². The van der Waals surface area contributed by atoms with E-state index in [4.69, 9.17) is 11.6 Å². The average Bonchev–Trinajstić information content (AvgIpc) is 2.92. The second kappa shape index (κ2) is 6.79. The minimum absolute atomic E-state index is 0.233. The summed E-state index contributed by atoms with van der Waals surface area (Å²) in [5.74, 6) is 1.03. The first-order valence-corrected chi connectivity index (χ1v) is 7.23. The van der Waals surface area contributed by atoms with Crippen LogP contribution in [0.5, 0.6) is 0 Å². The Balaban J connectivity index is 2.00. The molecule has 0 saturated heterocycles. The molecule has 0 aliphatic heterocycles. The Hall–Kier alpha value is -1.02. The van der Waals surface area contributed by atoms with E-state index in [2.05, 4.69) is 12.1 Å². The van der Waals surface area contributed by atoms with E-state index in [-0.39, 0.29) is 11.8 Å². The molecule has 1 saturated carbocycles. The Morgan fingerprint density at radius 1 is 1.22 bits per heavy atom. The summed E-state index contributed by atoms with van der Waals surface area (Å²) < 4.78 is 0. The third-order valence-electron chi connectivity index (χ3n) is 3.59. The lowest BCUT2D eigenvalue weighted by molar-refractivity contribution is -0.135. The van der Waals surface area contributed by atoms with E-state index in [1.54, 1.807) is 0 Å². The van der Waals surface area contributed by atoms with E-state index in [1.807, 2.05) is 23.1 Å². The second-order valence-corrected chi connectivity index (χ2v) is 5.29. The normalized spacial score (nSPS) is 15.8. The van der Waals surface area contributed by atoms with E-state index >= 15 is 0 Å². The van der Waals surface area contributed by atoms with Crippen LogP contribution >= 0.6 is 11.6 Å². The number of carbonyl (C=O) groups is 1. The number of hydrogen-bond acceptors (Lipinski definition) is 1. The van der Waals surface area contributed by atoms with Crippen molar-refractivity contribution in [3.63, 3.8) is 0 Å². The minimum atomic E-state index is 0.233. The first-order chi connectivity index (χ1) is 8.81. The number of benzene rings is 1. The minimum Gasteiger partial charge on any atom is -0.337 e. The monoisotopic (exact) mass is 265 g/mol. The summed E-state index contributed by atoms with van der Waals surface area (Å²) >= 11 is 5.82. The van der Waals surface area contributed by atoms with Gasteiger partial charge < -0.3 is 4.90 Å². The quantitative estimate of drug-likeness (QED) is 0.747.